The summed E-state index contributed by atoms with van der Waals surface area (Å²) in [6, 6.07) is 0. The van der Waals surface area contributed by atoms with E-state index in [0.717, 1.165) is 42.0 Å². The minimum atomic E-state index is 0.180. The summed E-state index contributed by atoms with van der Waals surface area (Å²) in [4.78, 5) is 21.2. The van der Waals surface area contributed by atoms with E-state index < -0.39 is 0 Å². The van der Waals surface area contributed by atoms with Crippen LogP contribution in [0.3, 0.4) is 0 Å². The number of likely N-dealkylation sites (tertiary alicyclic amines) is 1. The molecule has 1 saturated carbocycles. The van der Waals surface area contributed by atoms with Gasteiger partial charge in [0.15, 0.2) is 5.13 Å². The average molecular weight is 392 g/mol. The van der Waals surface area contributed by atoms with Gasteiger partial charge in [-0.15, -0.1) is 11.3 Å². The number of piperidine rings is 1. The van der Waals surface area contributed by atoms with Gasteiger partial charge in [-0.05, 0) is 70.4 Å². The topological polar surface area (TPSA) is 45.2 Å². The molecule has 4 nitrogen and oxygen atoms in total. The highest BCUT2D eigenvalue weighted by molar-refractivity contribution is 7.15. The lowest BCUT2D eigenvalue weighted by Gasteiger charge is -2.29. The van der Waals surface area contributed by atoms with Gasteiger partial charge in [-0.25, -0.2) is 4.98 Å². The van der Waals surface area contributed by atoms with Crippen molar-refractivity contribution in [2.75, 3.05) is 18.4 Å². The third-order valence-electron chi connectivity index (χ3n) is 6.55. The molecule has 3 rings (SSSR count). The van der Waals surface area contributed by atoms with Crippen molar-refractivity contribution in [2.45, 2.75) is 85.1 Å². The van der Waals surface area contributed by atoms with E-state index in [1.807, 2.05) is 0 Å². The van der Waals surface area contributed by atoms with Gasteiger partial charge < -0.3 is 5.32 Å². The average Bonchev–Trinajstić information content (AvgIpc) is 3.01. The fraction of sp³-hybridized carbons (Fsp3) is 0.818. The lowest BCUT2D eigenvalue weighted by molar-refractivity contribution is -0.121. The predicted molar refractivity (Wildman–Crippen MR) is 114 cm³/mol. The second-order valence-electron chi connectivity index (χ2n) is 8.84. The van der Waals surface area contributed by atoms with Gasteiger partial charge in [0.1, 0.15) is 0 Å². The molecule has 0 aromatic carbocycles. The van der Waals surface area contributed by atoms with Crippen molar-refractivity contribution in [3.63, 3.8) is 0 Å². The first-order valence-electron chi connectivity index (χ1n) is 11.0. The fourth-order valence-corrected chi connectivity index (χ4v) is 5.47. The quantitative estimate of drug-likeness (QED) is 0.656. The second kappa shape index (κ2) is 10.0. The van der Waals surface area contributed by atoms with E-state index in [9.17, 15) is 4.79 Å². The van der Waals surface area contributed by atoms with Crippen molar-refractivity contribution in [1.82, 2.24) is 9.88 Å². The van der Waals surface area contributed by atoms with Crippen LogP contribution in [0.5, 0.6) is 0 Å². The maximum Gasteiger partial charge on any atom is 0.229 e. The Labute approximate surface area is 169 Å². The number of amides is 1. The molecule has 0 radical (unpaired) electrons. The molecule has 1 saturated heterocycles. The second-order valence-corrected chi connectivity index (χ2v) is 9.92. The number of unbranched alkanes of at least 4 members (excludes halogenated alkanes) is 1. The number of hydrogen-bond donors (Lipinski definition) is 1. The summed E-state index contributed by atoms with van der Waals surface area (Å²) in [5.41, 5.74) is 1.08. The summed E-state index contributed by atoms with van der Waals surface area (Å²) in [7, 11) is 0. The molecule has 152 valence electrons. The van der Waals surface area contributed by atoms with Crippen molar-refractivity contribution >= 4 is 22.4 Å². The summed E-state index contributed by atoms with van der Waals surface area (Å²) in [6.45, 7) is 10.0. The Balaban J connectivity index is 1.47. The SMILES string of the molecule is CCCCC1CCC(C(=O)Nc2nc(C)c(CN3CCC(C)CC3)s2)CC1. The Bertz CT molecular complexity index is 599. The lowest BCUT2D eigenvalue weighted by atomic mass is 9.79. The van der Waals surface area contributed by atoms with E-state index in [0.29, 0.717) is 0 Å². The summed E-state index contributed by atoms with van der Waals surface area (Å²) in [5, 5.41) is 3.92. The predicted octanol–water partition coefficient (Wildman–Crippen LogP) is 5.62. The third kappa shape index (κ3) is 6.02. The van der Waals surface area contributed by atoms with E-state index in [-0.39, 0.29) is 11.8 Å². The van der Waals surface area contributed by atoms with E-state index in [2.05, 4.69) is 36.0 Å². The molecule has 1 amide bonds. The van der Waals surface area contributed by atoms with E-state index in [1.54, 1.807) is 11.3 Å². The van der Waals surface area contributed by atoms with E-state index >= 15 is 0 Å². The largest absolute Gasteiger partial charge is 0.302 e. The number of aryl methyl sites for hydroxylation is 1. The van der Waals surface area contributed by atoms with Crippen molar-refractivity contribution in [2.24, 2.45) is 17.8 Å². The summed E-state index contributed by atoms with van der Waals surface area (Å²) >= 11 is 1.67. The molecule has 27 heavy (non-hydrogen) atoms. The Kier molecular flexibility index (Phi) is 7.71. The Morgan fingerprint density at radius 2 is 1.89 bits per heavy atom. The zero-order valence-corrected chi connectivity index (χ0v) is 18.2. The number of nitrogens with zero attached hydrogens (tertiary/aromatic N) is 2. The minimum absolute atomic E-state index is 0.180. The van der Waals surface area contributed by atoms with Crippen LogP contribution in [0.1, 0.15) is 82.2 Å². The van der Waals surface area contributed by atoms with Gasteiger partial charge in [0, 0.05) is 17.3 Å². The molecule has 1 aliphatic heterocycles. The molecule has 1 N–H and O–H groups in total. The maximum absolute atomic E-state index is 12.7. The van der Waals surface area contributed by atoms with Gasteiger partial charge in [0.05, 0.1) is 5.69 Å². The monoisotopic (exact) mass is 391 g/mol. The number of carbonyl (C=O) groups is 1. The molecule has 1 aromatic rings. The molecule has 2 fully saturated rings. The third-order valence-corrected chi connectivity index (χ3v) is 7.61. The van der Waals surface area contributed by atoms with Crippen molar-refractivity contribution in [3.8, 4) is 0 Å². The van der Waals surface area contributed by atoms with Crippen LogP contribution in [0.15, 0.2) is 0 Å². The molecule has 0 atom stereocenters. The van der Waals surface area contributed by atoms with Gasteiger partial charge in [0.2, 0.25) is 5.91 Å². The van der Waals surface area contributed by atoms with Crippen LogP contribution in [0, 0.1) is 24.7 Å². The first kappa shape index (κ1) is 20.8. The molecule has 2 heterocycles. The van der Waals surface area contributed by atoms with E-state index in [1.165, 1.54) is 62.9 Å². The molecular weight excluding hydrogens is 354 g/mol. The highest BCUT2D eigenvalue weighted by Crippen LogP contribution is 2.33. The van der Waals surface area contributed by atoms with Crippen LogP contribution in [0.25, 0.3) is 0 Å². The van der Waals surface area contributed by atoms with Gasteiger partial charge >= 0.3 is 0 Å². The van der Waals surface area contributed by atoms with Crippen LogP contribution in [0.2, 0.25) is 0 Å². The molecule has 5 heteroatoms. The number of hydrogen-bond acceptors (Lipinski definition) is 4. The fourth-order valence-electron chi connectivity index (χ4n) is 4.47. The molecule has 0 spiro atoms. The van der Waals surface area contributed by atoms with Gasteiger partial charge in [0.25, 0.3) is 0 Å². The van der Waals surface area contributed by atoms with Gasteiger partial charge in [-0.2, -0.15) is 0 Å². The number of carbonyl (C=O) groups excluding carboxylic acids is 1. The molecule has 0 unspecified atom stereocenters. The highest BCUT2D eigenvalue weighted by Gasteiger charge is 2.27. The maximum atomic E-state index is 12.7. The smallest absolute Gasteiger partial charge is 0.229 e. The number of thiazole rings is 1. The Morgan fingerprint density at radius 1 is 1.19 bits per heavy atom. The molecule has 1 aromatic heterocycles. The van der Waals surface area contributed by atoms with Crippen molar-refractivity contribution < 1.29 is 4.79 Å². The molecular formula is C22H37N3OS. The van der Waals surface area contributed by atoms with Crippen molar-refractivity contribution in [1.29, 1.82) is 0 Å². The standard InChI is InChI=1S/C22H37N3OS/c1-4-5-6-18-7-9-19(10-8-18)21(26)24-22-23-17(3)20(27-22)15-25-13-11-16(2)12-14-25/h16,18-19H,4-15H2,1-3H3,(H,23,24,26). The highest BCUT2D eigenvalue weighted by atomic mass is 32.1. The summed E-state index contributed by atoms with van der Waals surface area (Å²) in [5.74, 6) is 2.07. The number of anilines is 1. The Morgan fingerprint density at radius 3 is 2.56 bits per heavy atom. The Hall–Kier alpha value is -0.940. The minimum Gasteiger partial charge on any atom is -0.302 e. The zero-order valence-electron chi connectivity index (χ0n) is 17.4. The van der Waals surface area contributed by atoms with Crippen LogP contribution in [-0.2, 0) is 11.3 Å². The van der Waals surface area contributed by atoms with Crippen LogP contribution in [-0.4, -0.2) is 28.9 Å². The zero-order chi connectivity index (χ0) is 19.2. The number of rotatable bonds is 7. The first-order valence-corrected chi connectivity index (χ1v) is 11.9. The number of nitrogens with one attached hydrogen (secondary N) is 1. The van der Waals surface area contributed by atoms with Gasteiger partial charge in [-0.1, -0.05) is 33.1 Å². The lowest BCUT2D eigenvalue weighted by Crippen LogP contribution is -2.32. The molecule has 2 aliphatic rings. The molecule has 0 bridgehead atoms. The van der Waals surface area contributed by atoms with E-state index in [4.69, 9.17) is 0 Å². The van der Waals surface area contributed by atoms with Crippen LogP contribution >= 0.6 is 11.3 Å². The summed E-state index contributed by atoms with van der Waals surface area (Å²) in [6.07, 6.45) is 11.1. The molecule has 1 aliphatic carbocycles. The summed E-state index contributed by atoms with van der Waals surface area (Å²) < 4.78 is 0. The van der Waals surface area contributed by atoms with Crippen molar-refractivity contribution in [3.05, 3.63) is 10.6 Å². The first-order chi connectivity index (χ1) is 13.0. The van der Waals surface area contributed by atoms with Crippen LogP contribution in [0.4, 0.5) is 5.13 Å². The van der Waals surface area contributed by atoms with Gasteiger partial charge in [-0.3, -0.25) is 9.69 Å². The number of aromatic nitrogens is 1. The normalized spacial score (nSPS) is 24.9. The van der Waals surface area contributed by atoms with Crippen LogP contribution < -0.4 is 5.32 Å².